The molecule has 1 N–H and O–H groups in total. The third kappa shape index (κ3) is 3.74. The van der Waals surface area contributed by atoms with Crippen molar-refractivity contribution in [1.29, 1.82) is 0 Å². The molecule has 0 aromatic heterocycles. The number of carbonyl (C=O) groups is 2. The van der Waals surface area contributed by atoms with Crippen LogP contribution in [0.5, 0.6) is 0 Å². The van der Waals surface area contributed by atoms with Gasteiger partial charge in [0.05, 0.1) is 0 Å². The summed E-state index contributed by atoms with van der Waals surface area (Å²) >= 11 is 0. The molecule has 142 valence electrons. The summed E-state index contributed by atoms with van der Waals surface area (Å²) in [7, 11) is 0. The van der Waals surface area contributed by atoms with Gasteiger partial charge >= 0.3 is 0 Å². The van der Waals surface area contributed by atoms with Crippen molar-refractivity contribution >= 4 is 24.2 Å². The number of carbonyl (C=O) groups excluding carboxylic acids is 2. The first-order valence-corrected chi connectivity index (χ1v) is 9.59. The number of halogens is 1. The zero-order chi connectivity index (χ0) is 17.2. The van der Waals surface area contributed by atoms with Crippen LogP contribution in [0.1, 0.15) is 36.0 Å². The van der Waals surface area contributed by atoms with Crippen molar-refractivity contribution in [2.45, 2.75) is 31.7 Å². The van der Waals surface area contributed by atoms with Crippen LogP contribution in [0.25, 0.3) is 0 Å². The molecule has 3 saturated heterocycles. The highest BCUT2D eigenvalue weighted by Crippen LogP contribution is 2.29. The molecule has 3 fully saturated rings. The highest BCUT2D eigenvalue weighted by atomic mass is 35.5. The van der Waals surface area contributed by atoms with Crippen LogP contribution in [0.3, 0.4) is 0 Å². The molecule has 26 heavy (non-hydrogen) atoms. The third-order valence-electron chi connectivity index (χ3n) is 6.15. The van der Waals surface area contributed by atoms with Crippen LogP contribution in [-0.2, 0) is 4.79 Å². The van der Waals surface area contributed by atoms with Gasteiger partial charge in [0.1, 0.15) is 6.04 Å². The second kappa shape index (κ2) is 8.40. The fourth-order valence-electron chi connectivity index (χ4n) is 4.66. The molecular formula is C20H28ClN3O2. The Morgan fingerprint density at radius 1 is 0.923 bits per heavy atom. The number of rotatable bonds is 2. The van der Waals surface area contributed by atoms with E-state index in [0.29, 0.717) is 23.9 Å². The summed E-state index contributed by atoms with van der Waals surface area (Å²) < 4.78 is 0. The minimum Gasteiger partial charge on any atom is -0.341 e. The second-order valence-corrected chi connectivity index (χ2v) is 7.60. The average Bonchev–Trinajstić information content (AvgIpc) is 3.27. The monoisotopic (exact) mass is 377 g/mol. The smallest absolute Gasteiger partial charge is 0.254 e. The molecule has 1 aromatic carbocycles. The molecule has 3 heterocycles. The number of fused-ring (bicyclic) bond motifs is 1. The minimum atomic E-state index is -0.274. The summed E-state index contributed by atoms with van der Waals surface area (Å²) in [6.07, 6.45) is 3.88. The summed E-state index contributed by atoms with van der Waals surface area (Å²) in [4.78, 5) is 29.8. The SMILES string of the molecule is Cl.O=C(C1CCCN1C(=O)c1ccccc1)N1CC[C@@H]2CNC[C@@H]2CC1. The van der Waals surface area contributed by atoms with Crippen LogP contribution in [0.2, 0.25) is 0 Å². The summed E-state index contributed by atoms with van der Waals surface area (Å²) in [5, 5.41) is 3.48. The van der Waals surface area contributed by atoms with Crippen LogP contribution in [0.15, 0.2) is 30.3 Å². The van der Waals surface area contributed by atoms with Crippen LogP contribution < -0.4 is 5.32 Å². The van der Waals surface area contributed by atoms with Gasteiger partial charge in [-0.15, -0.1) is 12.4 Å². The lowest BCUT2D eigenvalue weighted by atomic mass is 9.92. The average molecular weight is 378 g/mol. The van der Waals surface area contributed by atoms with E-state index in [-0.39, 0.29) is 30.3 Å². The van der Waals surface area contributed by atoms with Crippen molar-refractivity contribution in [3.63, 3.8) is 0 Å². The van der Waals surface area contributed by atoms with Gasteiger partial charge in [0.2, 0.25) is 5.91 Å². The van der Waals surface area contributed by atoms with Gasteiger partial charge in [0, 0.05) is 25.2 Å². The number of hydrogen-bond donors (Lipinski definition) is 1. The highest BCUT2D eigenvalue weighted by Gasteiger charge is 2.38. The first-order chi connectivity index (χ1) is 12.2. The second-order valence-electron chi connectivity index (χ2n) is 7.60. The van der Waals surface area contributed by atoms with E-state index in [1.807, 2.05) is 35.2 Å². The van der Waals surface area contributed by atoms with Crippen LogP contribution in [0, 0.1) is 11.8 Å². The van der Waals surface area contributed by atoms with Gasteiger partial charge in [-0.05, 0) is 62.7 Å². The molecular weight excluding hydrogens is 350 g/mol. The van der Waals surface area contributed by atoms with Crippen molar-refractivity contribution in [3.8, 4) is 0 Å². The molecule has 1 unspecified atom stereocenters. The lowest BCUT2D eigenvalue weighted by molar-refractivity contribution is -0.135. The van der Waals surface area contributed by atoms with Gasteiger partial charge in [0.15, 0.2) is 0 Å². The Labute approximate surface area is 161 Å². The number of benzene rings is 1. The third-order valence-corrected chi connectivity index (χ3v) is 6.15. The highest BCUT2D eigenvalue weighted by molar-refractivity contribution is 5.97. The zero-order valence-electron chi connectivity index (χ0n) is 15.1. The van der Waals surface area contributed by atoms with Gasteiger partial charge in [-0.1, -0.05) is 18.2 Å². The van der Waals surface area contributed by atoms with Crippen LogP contribution in [0.4, 0.5) is 0 Å². The van der Waals surface area contributed by atoms with E-state index in [1.54, 1.807) is 4.90 Å². The predicted molar refractivity (Wildman–Crippen MR) is 103 cm³/mol. The van der Waals surface area contributed by atoms with Crippen LogP contribution in [-0.4, -0.2) is 60.4 Å². The first kappa shape index (κ1) is 19.2. The Morgan fingerprint density at radius 3 is 2.23 bits per heavy atom. The molecule has 0 radical (unpaired) electrons. The Hall–Kier alpha value is -1.59. The van der Waals surface area contributed by atoms with Crippen molar-refractivity contribution in [2.24, 2.45) is 11.8 Å². The molecule has 0 spiro atoms. The van der Waals surface area contributed by atoms with E-state index in [0.717, 1.165) is 51.9 Å². The molecule has 2 amide bonds. The van der Waals surface area contributed by atoms with Crippen molar-refractivity contribution < 1.29 is 9.59 Å². The summed E-state index contributed by atoms with van der Waals surface area (Å²) in [5.74, 6) is 1.58. The minimum absolute atomic E-state index is 0. The predicted octanol–water partition coefficient (Wildman–Crippen LogP) is 2.17. The van der Waals surface area contributed by atoms with Gasteiger partial charge in [0.25, 0.3) is 5.91 Å². The summed E-state index contributed by atoms with van der Waals surface area (Å²) in [6, 6.07) is 9.06. The Kier molecular flexibility index (Phi) is 6.20. The van der Waals surface area contributed by atoms with E-state index < -0.39 is 0 Å². The molecule has 4 rings (SSSR count). The maximum atomic E-state index is 13.1. The van der Waals surface area contributed by atoms with Gasteiger partial charge < -0.3 is 15.1 Å². The van der Waals surface area contributed by atoms with Gasteiger partial charge in [-0.3, -0.25) is 9.59 Å². The number of amides is 2. The van der Waals surface area contributed by atoms with E-state index in [4.69, 9.17) is 0 Å². The lowest BCUT2D eigenvalue weighted by Crippen LogP contribution is -2.48. The molecule has 0 bridgehead atoms. The Bertz CT molecular complexity index is 625. The fraction of sp³-hybridized carbons (Fsp3) is 0.600. The zero-order valence-corrected chi connectivity index (χ0v) is 15.9. The molecule has 3 aliphatic rings. The molecule has 3 aliphatic heterocycles. The molecule has 1 aromatic rings. The fourth-order valence-corrected chi connectivity index (χ4v) is 4.66. The maximum Gasteiger partial charge on any atom is 0.254 e. The maximum absolute atomic E-state index is 13.1. The van der Waals surface area contributed by atoms with Crippen molar-refractivity contribution in [1.82, 2.24) is 15.1 Å². The van der Waals surface area contributed by atoms with E-state index in [9.17, 15) is 9.59 Å². The number of hydrogen-bond acceptors (Lipinski definition) is 3. The van der Waals surface area contributed by atoms with Gasteiger partial charge in [-0.25, -0.2) is 0 Å². The molecule has 5 nitrogen and oxygen atoms in total. The first-order valence-electron chi connectivity index (χ1n) is 9.59. The summed E-state index contributed by atoms with van der Waals surface area (Å²) in [6.45, 7) is 4.55. The number of nitrogens with zero attached hydrogens (tertiary/aromatic N) is 2. The van der Waals surface area contributed by atoms with Crippen molar-refractivity contribution in [3.05, 3.63) is 35.9 Å². The van der Waals surface area contributed by atoms with Gasteiger partial charge in [-0.2, -0.15) is 0 Å². The topological polar surface area (TPSA) is 52.7 Å². The van der Waals surface area contributed by atoms with Crippen molar-refractivity contribution in [2.75, 3.05) is 32.7 Å². The number of nitrogens with one attached hydrogen (secondary N) is 1. The largest absolute Gasteiger partial charge is 0.341 e. The summed E-state index contributed by atoms with van der Waals surface area (Å²) in [5.41, 5.74) is 0.679. The normalized spacial score (nSPS) is 28.2. The van der Waals surface area contributed by atoms with Crippen LogP contribution >= 0.6 is 12.4 Å². The van der Waals surface area contributed by atoms with E-state index in [2.05, 4.69) is 5.32 Å². The standard InChI is InChI=1S/C20H27N3O2.ClH/c24-19(15-5-2-1-3-6-15)23-10-4-7-18(23)20(25)22-11-8-16-13-21-14-17(16)9-12-22;/h1-3,5-6,16-18,21H,4,7-14H2;1H/t16-,17+,18?;. The quantitative estimate of drug-likeness (QED) is 0.859. The molecule has 3 atom stereocenters. The Morgan fingerprint density at radius 2 is 1.58 bits per heavy atom. The Balaban J connectivity index is 0.00000196. The van der Waals surface area contributed by atoms with E-state index >= 15 is 0 Å². The molecule has 6 heteroatoms. The molecule has 0 aliphatic carbocycles. The number of likely N-dealkylation sites (tertiary alicyclic amines) is 2. The molecule has 0 saturated carbocycles. The lowest BCUT2D eigenvalue weighted by Gasteiger charge is -2.30. The van der Waals surface area contributed by atoms with E-state index in [1.165, 1.54) is 0 Å².